The number of rotatable bonds is 2. The van der Waals surface area contributed by atoms with Gasteiger partial charge in [0.15, 0.2) is 0 Å². The lowest BCUT2D eigenvalue weighted by atomic mass is 10.1. The van der Waals surface area contributed by atoms with Gasteiger partial charge in [0.25, 0.3) is 0 Å². The third-order valence-corrected chi connectivity index (χ3v) is 4.82. The summed E-state index contributed by atoms with van der Waals surface area (Å²) in [7, 11) is 2.06. The first kappa shape index (κ1) is 14.2. The number of hydrogen-bond acceptors (Lipinski definition) is 3. The van der Waals surface area contributed by atoms with E-state index in [1.165, 1.54) is 5.56 Å². The average Bonchev–Trinajstić information content (AvgIpc) is 3.23. The fraction of sp³-hybridized carbons (Fsp3) is 0.0909. The van der Waals surface area contributed by atoms with Gasteiger partial charge >= 0.3 is 0 Å². The lowest BCUT2D eigenvalue weighted by molar-refractivity contribution is 0.616. The summed E-state index contributed by atoms with van der Waals surface area (Å²) in [6, 6.07) is 20.9. The van der Waals surface area contributed by atoms with Crippen molar-refractivity contribution in [2.45, 2.75) is 6.92 Å². The van der Waals surface area contributed by atoms with Crippen LogP contribution < -0.4 is 4.90 Å². The van der Waals surface area contributed by atoms with E-state index in [1.54, 1.807) is 6.26 Å². The smallest absolute Gasteiger partial charge is 0.137 e. The predicted molar refractivity (Wildman–Crippen MR) is 103 cm³/mol. The number of furan rings is 2. The van der Waals surface area contributed by atoms with Crippen molar-refractivity contribution in [1.29, 1.82) is 0 Å². The summed E-state index contributed by atoms with van der Waals surface area (Å²) in [6.45, 7) is 2.08. The summed E-state index contributed by atoms with van der Waals surface area (Å²) in [6.07, 6.45) is 1.72. The Morgan fingerprint density at radius 2 is 1.44 bits per heavy atom. The van der Waals surface area contributed by atoms with E-state index in [-0.39, 0.29) is 0 Å². The van der Waals surface area contributed by atoms with Crippen LogP contribution in [0.15, 0.2) is 75.8 Å². The zero-order valence-electron chi connectivity index (χ0n) is 14.1. The molecule has 122 valence electrons. The highest BCUT2D eigenvalue weighted by molar-refractivity contribution is 6.06. The van der Waals surface area contributed by atoms with Gasteiger partial charge in [0, 0.05) is 40.6 Å². The molecule has 0 saturated carbocycles. The van der Waals surface area contributed by atoms with Crippen molar-refractivity contribution in [2.24, 2.45) is 0 Å². The minimum Gasteiger partial charge on any atom is -0.464 e. The fourth-order valence-corrected chi connectivity index (χ4v) is 3.39. The first-order valence-electron chi connectivity index (χ1n) is 8.33. The molecule has 3 heteroatoms. The normalized spacial score (nSPS) is 11.6. The van der Waals surface area contributed by atoms with Crippen LogP contribution in [0.4, 0.5) is 11.4 Å². The van der Waals surface area contributed by atoms with Crippen LogP contribution in [0.1, 0.15) is 5.56 Å². The Bertz CT molecular complexity index is 1230. The minimum atomic E-state index is 0.903. The maximum absolute atomic E-state index is 6.08. The van der Waals surface area contributed by atoms with Gasteiger partial charge < -0.3 is 13.7 Å². The standard InChI is InChI=1S/C22H17NO2/c1-14-3-6-18-19-7-4-17(13-22(19)25-21(18)11-14)23(2)16-5-8-20-15(12-16)9-10-24-20/h3-13H,1-2H3. The second kappa shape index (κ2) is 5.15. The average molecular weight is 327 g/mol. The molecule has 3 nitrogen and oxygen atoms in total. The van der Waals surface area contributed by atoms with Crippen molar-refractivity contribution < 1.29 is 8.83 Å². The number of aryl methyl sites for hydroxylation is 1. The second-order valence-electron chi connectivity index (χ2n) is 6.48. The highest BCUT2D eigenvalue weighted by atomic mass is 16.3. The molecule has 0 spiro atoms. The number of anilines is 2. The van der Waals surface area contributed by atoms with Crippen LogP contribution >= 0.6 is 0 Å². The van der Waals surface area contributed by atoms with E-state index in [1.807, 2.05) is 12.1 Å². The molecule has 0 N–H and O–H groups in total. The molecular weight excluding hydrogens is 310 g/mol. The molecule has 0 aliphatic rings. The van der Waals surface area contributed by atoms with Gasteiger partial charge in [-0.05, 0) is 55.0 Å². The summed E-state index contributed by atoms with van der Waals surface area (Å²) in [5.41, 5.74) is 6.16. The molecule has 0 fully saturated rings. The van der Waals surface area contributed by atoms with Crippen molar-refractivity contribution in [1.82, 2.24) is 0 Å². The van der Waals surface area contributed by atoms with Crippen molar-refractivity contribution in [2.75, 3.05) is 11.9 Å². The minimum absolute atomic E-state index is 0.903. The molecule has 0 amide bonds. The van der Waals surface area contributed by atoms with Crippen molar-refractivity contribution >= 4 is 44.3 Å². The molecule has 2 aromatic heterocycles. The van der Waals surface area contributed by atoms with Crippen molar-refractivity contribution in [3.63, 3.8) is 0 Å². The van der Waals surface area contributed by atoms with Crippen molar-refractivity contribution in [3.05, 3.63) is 72.5 Å². The third-order valence-electron chi connectivity index (χ3n) is 4.82. The zero-order valence-corrected chi connectivity index (χ0v) is 14.1. The van der Waals surface area contributed by atoms with Crippen LogP contribution in [0.5, 0.6) is 0 Å². The number of benzene rings is 3. The zero-order chi connectivity index (χ0) is 17.0. The van der Waals surface area contributed by atoms with Crippen molar-refractivity contribution in [3.8, 4) is 0 Å². The van der Waals surface area contributed by atoms with Gasteiger partial charge in [0.05, 0.1) is 6.26 Å². The summed E-state index contributed by atoms with van der Waals surface area (Å²) in [5.74, 6) is 0. The van der Waals surface area contributed by atoms with E-state index in [4.69, 9.17) is 8.83 Å². The summed E-state index contributed by atoms with van der Waals surface area (Å²) >= 11 is 0. The van der Waals surface area contributed by atoms with E-state index in [9.17, 15) is 0 Å². The van der Waals surface area contributed by atoms with E-state index in [0.29, 0.717) is 0 Å². The van der Waals surface area contributed by atoms with Gasteiger partial charge in [-0.2, -0.15) is 0 Å². The Morgan fingerprint density at radius 1 is 0.720 bits per heavy atom. The number of fused-ring (bicyclic) bond motifs is 4. The molecule has 2 heterocycles. The molecule has 0 aliphatic carbocycles. The molecule has 0 bridgehead atoms. The topological polar surface area (TPSA) is 29.5 Å². The van der Waals surface area contributed by atoms with Gasteiger partial charge in [-0.15, -0.1) is 0 Å². The molecule has 3 aromatic carbocycles. The molecule has 0 aliphatic heterocycles. The lowest BCUT2D eigenvalue weighted by Crippen LogP contribution is -2.08. The van der Waals surface area contributed by atoms with Crippen LogP contribution in [0.3, 0.4) is 0 Å². The molecule has 0 saturated heterocycles. The maximum Gasteiger partial charge on any atom is 0.137 e. The first-order chi connectivity index (χ1) is 12.2. The van der Waals surface area contributed by atoms with Gasteiger partial charge in [-0.3, -0.25) is 0 Å². The van der Waals surface area contributed by atoms with Gasteiger partial charge in [-0.1, -0.05) is 12.1 Å². The molecule has 0 radical (unpaired) electrons. The van der Waals surface area contributed by atoms with Crippen LogP contribution in [0.25, 0.3) is 32.9 Å². The molecule has 0 atom stereocenters. The van der Waals surface area contributed by atoms with Crippen LogP contribution in [0, 0.1) is 6.92 Å². The fourth-order valence-electron chi connectivity index (χ4n) is 3.39. The quantitative estimate of drug-likeness (QED) is 0.375. The van der Waals surface area contributed by atoms with E-state index >= 15 is 0 Å². The van der Waals surface area contributed by atoms with Gasteiger partial charge in [0.2, 0.25) is 0 Å². The molecule has 25 heavy (non-hydrogen) atoms. The van der Waals surface area contributed by atoms with Crippen LogP contribution in [-0.4, -0.2) is 7.05 Å². The highest BCUT2D eigenvalue weighted by Gasteiger charge is 2.11. The molecule has 0 unspecified atom stereocenters. The summed E-state index contributed by atoms with van der Waals surface area (Å²) in [5, 5.41) is 3.41. The third kappa shape index (κ3) is 2.20. The Labute approximate surface area is 145 Å². The highest BCUT2D eigenvalue weighted by Crippen LogP contribution is 2.34. The van der Waals surface area contributed by atoms with Crippen LogP contribution in [-0.2, 0) is 0 Å². The Morgan fingerprint density at radius 3 is 2.32 bits per heavy atom. The Balaban J connectivity index is 1.62. The Kier molecular flexibility index (Phi) is 2.92. The summed E-state index contributed by atoms with van der Waals surface area (Å²) in [4.78, 5) is 2.16. The van der Waals surface area contributed by atoms with Gasteiger partial charge in [0.1, 0.15) is 16.7 Å². The van der Waals surface area contributed by atoms with Gasteiger partial charge in [-0.25, -0.2) is 0 Å². The number of hydrogen-bond donors (Lipinski definition) is 0. The maximum atomic E-state index is 6.08. The SMILES string of the molecule is Cc1ccc2c(c1)oc1cc(N(C)c3ccc4occc4c3)ccc12. The summed E-state index contributed by atoms with van der Waals surface area (Å²) < 4.78 is 11.5. The largest absolute Gasteiger partial charge is 0.464 e. The molecule has 5 rings (SSSR count). The van der Waals surface area contributed by atoms with E-state index in [2.05, 4.69) is 67.4 Å². The van der Waals surface area contributed by atoms with E-state index in [0.717, 1.165) is 44.3 Å². The Hall–Kier alpha value is -3.20. The van der Waals surface area contributed by atoms with E-state index < -0.39 is 0 Å². The molecular formula is C22H17NO2. The lowest BCUT2D eigenvalue weighted by Gasteiger charge is -2.19. The number of nitrogens with zero attached hydrogens (tertiary/aromatic N) is 1. The first-order valence-corrected chi connectivity index (χ1v) is 8.33. The molecule has 5 aromatic rings. The monoisotopic (exact) mass is 327 g/mol. The predicted octanol–water partition coefficient (Wildman–Crippen LogP) is 6.41. The van der Waals surface area contributed by atoms with Crippen LogP contribution in [0.2, 0.25) is 0 Å². The second-order valence-corrected chi connectivity index (χ2v) is 6.48.